The molecule has 0 amide bonds. The molecule has 0 atom stereocenters. The Morgan fingerprint density at radius 3 is 2.02 bits per heavy atom. The van der Waals surface area contributed by atoms with E-state index >= 15 is 0 Å². The highest BCUT2D eigenvalue weighted by Crippen LogP contribution is 2.46. The van der Waals surface area contributed by atoms with Gasteiger partial charge in [0.25, 0.3) is 0 Å². The standard InChI is InChI=1S/C54H33N3S/c1-3-13-35(14-4-1)47-33-48(56-54(55-47)36-15-5-2-6-16-36)44-28-27-42(52-45-20-10-12-22-51(45)58-53(44)52)39-24-23-34-25-26-41(30-40(34)29-39)57-49-21-11-9-19-43(49)46-31-37-17-7-8-18-38(37)32-50(46)57/h1-33H/i10D,12D,20D,22D,27D,28D. The van der Waals surface area contributed by atoms with E-state index in [-0.39, 0.29) is 36.3 Å². The average Bonchev–Trinajstić information content (AvgIpc) is 3.88. The molecule has 3 nitrogen and oxygen atoms in total. The smallest absolute Gasteiger partial charge is 0.160 e. The molecule has 270 valence electrons. The molecule has 3 aromatic heterocycles. The first kappa shape index (κ1) is 27.2. The highest BCUT2D eigenvalue weighted by molar-refractivity contribution is 7.26. The van der Waals surface area contributed by atoms with Crippen molar-refractivity contribution in [3.8, 4) is 50.7 Å². The van der Waals surface area contributed by atoms with Crippen LogP contribution in [0.2, 0.25) is 0 Å². The van der Waals surface area contributed by atoms with E-state index in [9.17, 15) is 4.11 Å². The molecule has 0 saturated heterocycles. The maximum atomic E-state index is 9.86. The molecule has 0 saturated carbocycles. The fourth-order valence-corrected chi connectivity index (χ4v) is 9.51. The van der Waals surface area contributed by atoms with Crippen LogP contribution in [0.5, 0.6) is 0 Å². The summed E-state index contributed by atoms with van der Waals surface area (Å²) in [4.78, 5) is 10.0. The largest absolute Gasteiger partial charge is 0.309 e. The van der Waals surface area contributed by atoms with Crippen LogP contribution in [0.15, 0.2) is 200 Å². The second kappa shape index (κ2) is 13.1. The van der Waals surface area contributed by atoms with Crippen LogP contribution in [0.3, 0.4) is 0 Å². The van der Waals surface area contributed by atoms with Gasteiger partial charge in [-0.25, -0.2) is 9.97 Å². The predicted octanol–water partition coefficient (Wildman–Crippen LogP) is 14.9. The van der Waals surface area contributed by atoms with Gasteiger partial charge in [-0.15, -0.1) is 11.3 Å². The third-order valence-electron chi connectivity index (χ3n) is 11.1. The molecule has 0 unspecified atom stereocenters. The van der Waals surface area contributed by atoms with Crippen molar-refractivity contribution in [3.05, 3.63) is 200 Å². The molecule has 0 N–H and O–H groups in total. The predicted molar refractivity (Wildman–Crippen MR) is 246 cm³/mol. The number of hydrogen-bond donors (Lipinski definition) is 0. The summed E-state index contributed by atoms with van der Waals surface area (Å²) in [7, 11) is 0. The van der Waals surface area contributed by atoms with Gasteiger partial charge in [0.05, 0.1) is 30.6 Å². The van der Waals surface area contributed by atoms with E-state index in [0.29, 0.717) is 54.1 Å². The molecule has 0 spiro atoms. The van der Waals surface area contributed by atoms with Crippen LogP contribution in [0.4, 0.5) is 0 Å². The second-order valence-corrected chi connectivity index (χ2v) is 15.5. The van der Waals surface area contributed by atoms with Gasteiger partial charge >= 0.3 is 0 Å². The zero-order valence-corrected chi connectivity index (χ0v) is 31.7. The molecule has 4 heteroatoms. The molecule has 9 aromatic carbocycles. The Bertz CT molecular complexity index is 3860. The summed E-state index contributed by atoms with van der Waals surface area (Å²) in [5.74, 6) is 0.451. The minimum Gasteiger partial charge on any atom is -0.309 e. The van der Waals surface area contributed by atoms with Crippen molar-refractivity contribution in [2.75, 3.05) is 0 Å². The topological polar surface area (TPSA) is 30.7 Å². The molecule has 12 aromatic rings. The first-order valence-electron chi connectivity index (χ1n) is 22.2. The number of rotatable bonds is 5. The number of benzene rings is 9. The third kappa shape index (κ3) is 5.27. The fraction of sp³-hybridized carbons (Fsp3) is 0. The van der Waals surface area contributed by atoms with Crippen molar-refractivity contribution >= 4 is 74.9 Å². The van der Waals surface area contributed by atoms with Gasteiger partial charge in [-0.1, -0.05) is 152 Å². The van der Waals surface area contributed by atoms with Crippen molar-refractivity contribution in [3.63, 3.8) is 0 Å². The minimum absolute atomic E-state index is 0.0626. The first-order chi connectivity index (χ1) is 31.2. The normalized spacial score (nSPS) is 13.2. The lowest BCUT2D eigenvalue weighted by atomic mass is 9.94. The number of para-hydroxylation sites is 1. The third-order valence-corrected chi connectivity index (χ3v) is 12.2. The maximum absolute atomic E-state index is 9.86. The minimum atomic E-state index is -0.354. The fourth-order valence-electron chi connectivity index (χ4n) is 8.39. The van der Waals surface area contributed by atoms with Crippen molar-refractivity contribution in [1.29, 1.82) is 0 Å². The molecule has 0 aliphatic rings. The van der Waals surface area contributed by atoms with E-state index in [1.54, 1.807) is 0 Å². The monoisotopic (exact) mass is 761 g/mol. The first-order valence-corrected chi connectivity index (χ1v) is 20.0. The van der Waals surface area contributed by atoms with Gasteiger partial charge in [0.2, 0.25) is 0 Å². The van der Waals surface area contributed by atoms with Gasteiger partial charge in [-0.3, -0.25) is 0 Å². The summed E-state index contributed by atoms with van der Waals surface area (Å²) in [5.41, 5.74) is 7.32. The molecule has 12 rings (SSSR count). The van der Waals surface area contributed by atoms with E-state index in [1.165, 1.54) is 16.7 Å². The van der Waals surface area contributed by atoms with E-state index < -0.39 is 0 Å². The van der Waals surface area contributed by atoms with Gasteiger partial charge in [0.15, 0.2) is 5.82 Å². The maximum Gasteiger partial charge on any atom is 0.160 e. The van der Waals surface area contributed by atoms with Crippen LogP contribution in [0, 0.1) is 0 Å². The summed E-state index contributed by atoms with van der Waals surface area (Å²) in [6.45, 7) is 0. The number of aromatic nitrogens is 3. The summed E-state index contributed by atoms with van der Waals surface area (Å²) < 4.78 is 58.6. The SMILES string of the molecule is [2H]c1c([2H])c([2H])c2c(sc3c(-c4cc(-c5ccccc5)nc(-c5ccccc5)n4)c([2H])c([2H])c(-c4ccc5ccc(-n6c7ccccc7c7cc8ccccc8cc76)cc5c4)c32)c1[2H]. The second-order valence-electron chi connectivity index (χ2n) is 14.5. The quantitative estimate of drug-likeness (QED) is 0.175. The molecule has 58 heavy (non-hydrogen) atoms. The summed E-state index contributed by atoms with van der Waals surface area (Å²) in [6.07, 6.45) is 0. The van der Waals surface area contributed by atoms with Crippen LogP contribution in [-0.4, -0.2) is 14.5 Å². The molecule has 3 heterocycles. The molecule has 0 radical (unpaired) electrons. The van der Waals surface area contributed by atoms with Gasteiger partial charge < -0.3 is 4.57 Å². The van der Waals surface area contributed by atoms with Crippen molar-refractivity contribution in [2.24, 2.45) is 0 Å². The van der Waals surface area contributed by atoms with Gasteiger partial charge in [-0.05, 0) is 81.2 Å². The van der Waals surface area contributed by atoms with Crippen LogP contribution in [0.1, 0.15) is 8.22 Å². The van der Waals surface area contributed by atoms with Crippen molar-refractivity contribution < 1.29 is 8.22 Å². The Kier molecular flexibility index (Phi) is 6.15. The number of hydrogen-bond acceptors (Lipinski definition) is 3. The highest BCUT2D eigenvalue weighted by Gasteiger charge is 2.19. The molecular weight excluding hydrogens is 723 g/mol. The summed E-state index contributed by atoms with van der Waals surface area (Å²) in [5, 5.41) is 7.38. The lowest BCUT2D eigenvalue weighted by Crippen LogP contribution is -1.96. The summed E-state index contributed by atoms with van der Waals surface area (Å²) in [6, 6.07) is 53.8. The van der Waals surface area contributed by atoms with Gasteiger partial charge in [0, 0.05) is 53.3 Å². The van der Waals surface area contributed by atoms with Gasteiger partial charge in [-0.2, -0.15) is 0 Å². The van der Waals surface area contributed by atoms with Crippen LogP contribution < -0.4 is 0 Å². The van der Waals surface area contributed by atoms with E-state index in [2.05, 4.69) is 83.4 Å². The Morgan fingerprint density at radius 2 is 1.16 bits per heavy atom. The lowest BCUT2D eigenvalue weighted by molar-refractivity contribution is 1.19. The van der Waals surface area contributed by atoms with E-state index in [4.69, 9.17) is 14.1 Å². The molecule has 0 aliphatic heterocycles. The van der Waals surface area contributed by atoms with Crippen LogP contribution in [-0.2, 0) is 0 Å². The molecule has 0 bridgehead atoms. The summed E-state index contributed by atoms with van der Waals surface area (Å²) >= 11 is 1.21. The molecule has 0 aliphatic carbocycles. The lowest BCUT2D eigenvalue weighted by Gasteiger charge is -2.13. The Hall–Kier alpha value is -7.40. The molecule has 0 fully saturated rings. The van der Waals surface area contributed by atoms with Gasteiger partial charge in [0.1, 0.15) is 0 Å². The average molecular weight is 762 g/mol. The Balaban J connectivity index is 1.13. The number of thiophene rings is 1. The van der Waals surface area contributed by atoms with Crippen LogP contribution >= 0.6 is 11.3 Å². The zero-order valence-electron chi connectivity index (χ0n) is 36.8. The van der Waals surface area contributed by atoms with Crippen molar-refractivity contribution in [1.82, 2.24) is 14.5 Å². The number of fused-ring (bicyclic) bond motifs is 8. The van der Waals surface area contributed by atoms with Crippen molar-refractivity contribution in [2.45, 2.75) is 0 Å². The zero-order chi connectivity index (χ0) is 43.4. The number of nitrogens with zero attached hydrogens (tertiary/aromatic N) is 3. The highest BCUT2D eigenvalue weighted by atomic mass is 32.1. The van der Waals surface area contributed by atoms with E-state index in [1.807, 2.05) is 84.9 Å². The molecular formula is C54H33N3S. The van der Waals surface area contributed by atoms with Crippen LogP contribution in [0.25, 0.3) is 114 Å². The van der Waals surface area contributed by atoms with E-state index in [0.717, 1.165) is 54.8 Å². The Labute approximate surface area is 347 Å². The Morgan fingerprint density at radius 1 is 0.448 bits per heavy atom.